The first-order valence-corrected chi connectivity index (χ1v) is 11.2. The second-order valence-corrected chi connectivity index (χ2v) is 9.32. The van der Waals surface area contributed by atoms with Crippen molar-refractivity contribution in [1.82, 2.24) is 10.9 Å². The van der Waals surface area contributed by atoms with Gasteiger partial charge in [-0.3, -0.25) is 20.4 Å². The number of hydrogen-bond acceptors (Lipinski definition) is 5. The van der Waals surface area contributed by atoms with E-state index in [1.54, 1.807) is 19.1 Å². The third-order valence-corrected chi connectivity index (χ3v) is 7.70. The first-order valence-electron chi connectivity index (χ1n) is 9.12. The molecule has 0 aliphatic carbocycles. The lowest BCUT2D eigenvalue weighted by atomic mass is 10.1. The van der Waals surface area contributed by atoms with Gasteiger partial charge in [0.15, 0.2) is 6.10 Å². The quantitative estimate of drug-likeness (QED) is 0.721. The molecule has 5 nitrogen and oxygen atoms in total. The lowest BCUT2D eigenvalue weighted by molar-refractivity contribution is -0.128. The second-order valence-electron chi connectivity index (χ2n) is 6.60. The molecule has 2 amide bonds. The lowest BCUT2D eigenvalue weighted by Gasteiger charge is -2.17. The Hall–Kier alpha value is -2.12. The van der Waals surface area contributed by atoms with Crippen LogP contribution >= 0.6 is 23.5 Å². The van der Waals surface area contributed by atoms with Crippen molar-refractivity contribution in [1.29, 1.82) is 0 Å². The van der Waals surface area contributed by atoms with Crippen LogP contribution in [0.25, 0.3) is 0 Å². The van der Waals surface area contributed by atoms with Crippen molar-refractivity contribution in [2.24, 2.45) is 0 Å². The number of nitrogens with one attached hydrogen (secondary N) is 2. The summed E-state index contributed by atoms with van der Waals surface area (Å²) in [5.74, 6) is 2.21. The van der Waals surface area contributed by atoms with E-state index < -0.39 is 12.0 Å². The third-order valence-electron chi connectivity index (χ3n) is 4.59. The molecule has 0 saturated carbocycles. The fraction of sp³-hybridized carbons (Fsp3) is 0.333. The summed E-state index contributed by atoms with van der Waals surface area (Å²) in [4.78, 5) is 24.5. The highest BCUT2D eigenvalue weighted by Crippen LogP contribution is 2.45. The number of rotatable bonds is 5. The van der Waals surface area contributed by atoms with E-state index in [0.29, 0.717) is 15.9 Å². The average Bonchev–Trinajstić information content (AvgIpc) is 3.24. The molecule has 28 heavy (non-hydrogen) atoms. The highest BCUT2D eigenvalue weighted by Gasteiger charge is 2.19. The summed E-state index contributed by atoms with van der Waals surface area (Å²) < 4.78 is 6.17. The standard InChI is InChI=1S/C21H24N2O3S2/c1-13-5-4-6-18(14(13)2)26-15(3)19(24)22-23-20(25)16-7-9-17(10-8-16)21-27-11-12-28-21/h4-10,15,21H,11-12H2,1-3H3,(H,22,24)(H,23,25)/t15-/m0/s1. The molecule has 7 heteroatoms. The molecule has 1 aliphatic rings. The van der Waals surface area contributed by atoms with Gasteiger partial charge < -0.3 is 4.74 Å². The van der Waals surface area contributed by atoms with Crippen LogP contribution in [-0.2, 0) is 4.79 Å². The Balaban J connectivity index is 1.51. The van der Waals surface area contributed by atoms with E-state index in [1.165, 1.54) is 5.56 Å². The van der Waals surface area contributed by atoms with Crippen LogP contribution in [-0.4, -0.2) is 29.4 Å². The molecule has 2 N–H and O–H groups in total. The molecule has 0 aromatic heterocycles. The lowest BCUT2D eigenvalue weighted by Crippen LogP contribution is -2.47. The molecule has 1 fully saturated rings. The van der Waals surface area contributed by atoms with E-state index in [4.69, 9.17) is 4.74 Å². The number of carbonyl (C=O) groups excluding carboxylic acids is 2. The molecule has 1 aliphatic heterocycles. The van der Waals surface area contributed by atoms with Crippen molar-refractivity contribution >= 4 is 35.3 Å². The van der Waals surface area contributed by atoms with Gasteiger partial charge in [-0.2, -0.15) is 0 Å². The Morgan fingerprint density at radius 2 is 1.71 bits per heavy atom. The van der Waals surface area contributed by atoms with E-state index in [2.05, 4.69) is 10.9 Å². The van der Waals surface area contributed by atoms with Crippen LogP contribution in [0.15, 0.2) is 42.5 Å². The minimum atomic E-state index is -0.736. The summed E-state index contributed by atoms with van der Waals surface area (Å²) in [7, 11) is 0. The summed E-state index contributed by atoms with van der Waals surface area (Å²) in [6.07, 6.45) is -0.736. The Morgan fingerprint density at radius 3 is 2.39 bits per heavy atom. The first-order chi connectivity index (χ1) is 13.5. The van der Waals surface area contributed by atoms with Crippen molar-refractivity contribution in [2.45, 2.75) is 31.5 Å². The predicted octanol–water partition coefficient (Wildman–Crippen LogP) is 4.01. The average molecular weight is 417 g/mol. The Morgan fingerprint density at radius 1 is 1.04 bits per heavy atom. The van der Waals surface area contributed by atoms with Gasteiger partial charge in [0, 0.05) is 17.1 Å². The van der Waals surface area contributed by atoms with Crippen LogP contribution in [0.3, 0.4) is 0 Å². The summed E-state index contributed by atoms with van der Waals surface area (Å²) in [6, 6.07) is 13.2. The maximum Gasteiger partial charge on any atom is 0.279 e. The van der Waals surface area contributed by atoms with Gasteiger partial charge in [0.2, 0.25) is 0 Å². The summed E-state index contributed by atoms with van der Waals surface area (Å²) in [5.41, 5.74) is 8.68. The largest absolute Gasteiger partial charge is 0.481 e. The van der Waals surface area contributed by atoms with E-state index in [-0.39, 0.29) is 5.91 Å². The molecule has 2 aromatic rings. The van der Waals surface area contributed by atoms with Gasteiger partial charge in [0.05, 0.1) is 4.58 Å². The van der Waals surface area contributed by atoms with Crippen LogP contribution < -0.4 is 15.6 Å². The Kier molecular flexibility index (Phi) is 6.91. The molecular weight excluding hydrogens is 392 g/mol. The molecule has 2 aromatic carbocycles. The topological polar surface area (TPSA) is 67.4 Å². The van der Waals surface area contributed by atoms with Gasteiger partial charge in [-0.25, -0.2) is 0 Å². The van der Waals surface area contributed by atoms with E-state index in [9.17, 15) is 9.59 Å². The molecular formula is C21H24N2O3S2. The third kappa shape index (κ3) is 5.02. The minimum Gasteiger partial charge on any atom is -0.481 e. The number of thioether (sulfide) groups is 2. The summed E-state index contributed by atoms with van der Waals surface area (Å²) >= 11 is 3.84. The minimum absolute atomic E-state index is 0.356. The normalized spacial score (nSPS) is 15.1. The summed E-state index contributed by atoms with van der Waals surface area (Å²) in [6.45, 7) is 5.58. The number of amides is 2. The zero-order valence-corrected chi connectivity index (χ0v) is 17.8. The molecule has 1 saturated heterocycles. The van der Waals surface area contributed by atoms with E-state index in [0.717, 1.165) is 22.6 Å². The van der Waals surface area contributed by atoms with Gasteiger partial charge in [-0.15, -0.1) is 23.5 Å². The van der Waals surface area contributed by atoms with Crippen LogP contribution in [0.1, 0.15) is 38.6 Å². The number of aryl methyl sites for hydroxylation is 1. The summed E-state index contributed by atoms with van der Waals surface area (Å²) in [5, 5.41) is 0. The molecule has 3 rings (SSSR count). The zero-order valence-electron chi connectivity index (χ0n) is 16.2. The molecule has 0 radical (unpaired) electrons. The number of ether oxygens (including phenoxy) is 1. The van der Waals surface area contributed by atoms with E-state index >= 15 is 0 Å². The van der Waals surface area contributed by atoms with Crippen molar-refractivity contribution in [3.8, 4) is 5.75 Å². The molecule has 148 valence electrons. The monoisotopic (exact) mass is 416 g/mol. The van der Waals surface area contributed by atoms with Gasteiger partial charge in [-0.05, 0) is 55.7 Å². The van der Waals surface area contributed by atoms with Gasteiger partial charge in [-0.1, -0.05) is 24.3 Å². The second kappa shape index (κ2) is 9.39. The first kappa shape index (κ1) is 20.6. The predicted molar refractivity (Wildman–Crippen MR) is 116 cm³/mol. The highest BCUT2D eigenvalue weighted by atomic mass is 32.2. The van der Waals surface area contributed by atoms with E-state index in [1.807, 2.05) is 67.7 Å². The molecule has 0 unspecified atom stereocenters. The van der Waals surface area contributed by atoms with Crippen molar-refractivity contribution < 1.29 is 14.3 Å². The Bertz CT molecular complexity index is 849. The van der Waals surface area contributed by atoms with Gasteiger partial charge in [0.1, 0.15) is 5.75 Å². The number of benzene rings is 2. The fourth-order valence-electron chi connectivity index (χ4n) is 2.73. The zero-order chi connectivity index (χ0) is 20.1. The van der Waals surface area contributed by atoms with Crippen molar-refractivity contribution in [3.63, 3.8) is 0 Å². The van der Waals surface area contributed by atoms with Crippen molar-refractivity contribution in [2.75, 3.05) is 11.5 Å². The molecule has 0 spiro atoms. The highest BCUT2D eigenvalue weighted by molar-refractivity contribution is 8.19. The maximum absolute atomic E-state index is 12.3. The van der Waals surface area contributed by atoms with Crippen LogP contribution in [0.2, 0.25) is 0 Å². The smallest absolute Gasteiger partial charge is 0.279 e. The molecule has 0 bridgehead atoms. The van der Waals surface area contributed by atoms with Gasteiger partial charge in [0.25, 0.3) is 11.8 Å². The number of hydrazine groups is 1. The number of carbonyl (C=O) groups is 2. The van der Waals surface area contributed by atoms with Gasteiger partial charge >= 0.3 is 0 Å². The molecule has 1 atom stereocenters. The number of hydrogen-bond donors (Lipinski definition) is 2. The molecule has 1 heterocycles. The van der Waals surface area contributed by atoms with Crippen molar-refractivity contribution in [3.05, 3.63) is 64.7 Å². The maximum atomic E-state index is 12.3. The SMILES string of the molecule is Cc1cccc(O[C@@H](C)C(=O)NNC(=O)c2ccc(C3SCCS3)cc2)c1C. The van der Waals surface area contributed by atoms with Crippen LogP contribution in [0.4, 0.5) is 0 Å². The Labute approximate surface area is 174 Å². The fourth-order valence-corrected chi connectivity index (χ4v) is 5.59. The van der Waals surface area contributed by atoms with Crippen LogP contribution in [0.5, 0.6) is 5.75 Å². The van der Waals surface area contributed by atoms with Crippen LogP contribution in [0, 0.1) is 13.8 Å².